The minimum atomic E-state index is -0.181. The Bertz CT molecular complexity index is 1130. The van der Waals surface area contributed by atoms with Gasteiger partial charge >= 0.3 is 0 Å². The van der Waals surface area contributed by atoms with Crippen LogP contribution < -0.4 is 10.1 Å². The van der Waals surface area contributed by atoms with Gasteiger partial charge in [-0.25, -0.2) is 4.98 Å². The SMILES string of the molecule is CC(C)COc1ccc(C(=O)Nc2nc(-c3ccc4ccccc4c3)cs2)cc1. The molecule has 146 valence electrons. The number of ether oxygens (including phenoxy) is 1. The van der Waals surface area contributed by atoms with Crippen molar-refractivity contribution in [2.75, 3.05) is 11.9 Å². The lowest BCUT2D eigenvalue weighted by molar-refractivity contribution is 0.102. The maximum absolute atomic E-state index is 12.5. The van der Waals surface area contributed by atoms with Crippen LogP contribution in [-0.4, -0.2) is 17.5 Å². The third kappa shape index (κ3) is 4.63. The molecule has 4 nitrogen and oxygen atoms in total. The van der Waals surface area contributed by atoms with Gasteiger partial charge in [-0.3, -0.25) is 10.1 Å². The van der Waals surface area contributed by atoms with Crippen molar-refractivity contribution in [1.82, 2.24) is 4.98 Å². The predicted octanol–water partition coefficient (Wildman–Crippen LogP) is 6.25. The molecule has 0 unspecified atom stereocenters. The van der Waals surface area contributed by atoms with Gasteiger partial charge in [-0.15, -0.1) is 11.3 Å². The van der Waals surface area contributed by atoms with Crippen LogP contribution in [0.2, 0.25) is 0 Å². The Balaban J connectivity index is 1.44. The highest BCUT2D eigenvalue weighted by atomic mass is 32.1. The molecule has 0 aliphatic rings. The average molecular weight is 403 g/mol. The van der Waals surface area contributed by atoms with Gasteiger partial charge in [0.1, 0.15) is 5.75 Å². The van der Waals surface area contributed by atoms with E-state index in [1.807, 2.05) is 29.6 Å². The summed E-state index contributed by atoms with van der Waals surface area (Å²) >= 11 is 1.42. The fraction of sp³-hybridized carbons (Fsp3) is 0.167. The molecule has 29 heavy (non-hydrogen) atoms. The Labute approximate surface area is 174 Å². The molecule has 0 saturated heterocycles. The predicted molar refractivity (Wildman–Crippen MR) is 120 cm³/mol. The van der Waals surface area contributed by atoms with Gasteiger partial charge in [0.15, 0.2) is 5.13 Å². The maximum atomic E-state index is 12.5. The first-order valence-electron chi connectivity index (χ1n) is 9.57. The zero-order valence-electron chi connectivity index (χ0n) is 16.4. The van der Waals surface area contributed by atoms with E-state index in [4.69, 9.17) is 4.74 Å². The zero-order valence-corrected chi connectivity index (χ0v) is 17.2. The number of aromatic nitrogens is 1. The lowest BCUT2D eigenvalue weighted by atomic mass is 10.1. The molecule has 0 aliphatic heterocycles. The van der Waals surface area contributed by atoms with Crippen LogP contribution in [-0.2, 0) is 0 Å². The summed E-state index contributed by atoms with van der Waals surface area (Å²) in [6, 6.07) is 21.7. The first kappa shape index (κ1) is 19.2. The summed E-state index contributed by atoms with van der Waals surface area (Å²) in [4.78, 5) is 17.1. The summed E-state index contributed by atoms with van der Waals surface area (Å²) in [5, 5.41) is 7.79. The Morgan fingerprint density at radius 2 is 1.79 bits per heavy atom. The van der Waals surface area contributed by atoms with Gasteiger partial charge in [-0.05, 0) is 47.0 Å². The van der Waals surface area contributed by atoms with Crippen molar-refractivity contribution in [2.45, 2.75) is 13.8 Å². The third-order valence-corrected chi connectivity index (χ3v) is 5.23. The Kier molecular flexibility index (Phi) is 5.58. The van der Waals surface area contributed by atoms with Crippen LogP contribution in [0.5, 0.6) is 5.75 Å². The fourth-order valence-corrected chi connectivity index (χ4v) is 3.66. The maximum Gasteiger partial charge on any atom is 0.257 e. The van der Waals surface area contributed by atoms with Crippen LogP contribution >= 0.6 is 11.3 Å². The van der Waals surface area contributed by atoms with Crippen molar-refractivity contribution < 1.29 is 9.53 Å². The van der Waals surface area contributed by atoms with Crippen LogP contribution in [0.4, 0.5) is 5.13 Å². The van der Waals surface area contributed by atoms with Crippen molar-refractivity contribution in [1.29, 1.82) is 0 Å². The van der Waals surface area contributed by atoms with Crippen LogP contribution in [0.3, 0.4) is 0 Å². The van der Waals surface area contributed by atoms with E-state index in [9.17, 15) is 4.79 Å². The smallest absolute Gasteiger partial charge is 0.257 e. The summed E-state index contributed by atoms with van der Waals surface area (Å²) in [5.74, 6) is 1.04. The number of anilines is 1. The van der Waals surface area contributed by atoms with E-state index in [2.05, 4.69) is 54.5 Å². The molecule has 5 heteroatoms. The summed E-state index contributed by atoms with van der Waals surface area (Å²) in [6.45, 7) is 4.85. The average Bonchev–Trinajstić information content (AvgIpc) is 3.20. The summed E-state index contributed by atoms with van der Waals surface area (Å²) in [5.41, 5.74) is 2.46. The molecule has 0 radical (unpaired) electrons. The topological polar surface area (TPSA) is 51.2 Å². The second-order valence-electron chi connectivity index (χ2n) is 7.28. The van der Waals surface area contributed by atoms with Crippen LogP contribution in [0.1, 0.15) is 24.2 Å². The van der Waals surface area contributed by atoms with E-state index in [-0.39, 0.29) is 5.91 Å². The van der Waals surface area contributed by atoms with Gasteiger partial charge in [-0.2, -0.15) is 0 Å². The largest absolute Gasteiger partial charge is 0.493 e. The van der Waals surface area contributed by atoms with E-state index in [1.165, 1.54) is 22.1 Å². The molecule has 3 aromatic carbocycles. The Hall–Kier alpha value is -3.18. The Morgan fingerprint density at radius 3 is 2.55 bits per heavy atom. The number of amides is 1. The van der Waals surface area contributed by atoms with Crippen molar-refractivity contribution in [3.8, 4) is 17.0 Å². The second-order valence-corrected chi connectivity index (χ2v) is 8.14. The number of carbonyl (C=O) groups is 1. The molecule has 4 aromatic rings. The minimum Gasteiger partial charge on any atom is -0.493 e. The van der Waals surface area contributed by atoms with E-state index < -0.39 is 0 Å². The molecular weight excluding hydrogens is 380 g/mol. The molecule has 1 heterocycles. The first-order chi connectivity index (χ1) is 14.1. The normalized spacial score (nSPS) is 11.0. The van der Waals surface area contributed by atoms with Crippen LogP contribution in [0, 0.1) is 5.92 Å². The molecule has 1 amide bonds. The molecule has 1 aromatic heterocycles. The molecule has 0 fully saturated rings. The van der Waals surface area contributed by atoms with Crippen LogP contribution in [0.25, 0.3) is 22.0 Å². The molecule has 0 aliphatic carbocycles. The quantitative estimate of drug-likeness (QED) is 0.415. The number of nitrogens with one attached hydrogen (secondary N) is 1. The van der Waals surface area contributed by atoms with Gasteiger partial charge in [-0.1, -0.05) is 50.2 Å². The lowest BCUT2D eigenvalue weighted by Crippen LogP contribution is -2.11. The standard InChI is InChI=1S/C24H22N2O2S/c1-16(2)14-28-21-11-9-18(10-12-21)23(27)26-24-25-22(15-29-24)20-8-7-17-5-3-4-6-19(17)13-20/h3-13,15-16H,14H2,1-2H3,(H,25,26,27). The van der Waals surface area contributed by atoms with Crippen LogP contribution in [0.15, 0.2) is 72.1 Å². The van der Waals surface area contributed by atoms with Gasteiger partial charge in [0, 0.05) is 16.5 Å². The van der Waals surface area contributed by atoms with Crippen molar-refractivity contribution >= 4 is 33.1 Å². The van der Waals surface area contributed by atoms with E-state index >= 15 is 0 Å². The van der Waals surface area contributed by atoms with E-state index in [0.29, 0.717) is 23.2 Å². The molecule has 4 rings (SSSR count). The fourth-order valence-electron chi connectivity index (χ4n) is 2.95. The number of benzene rings is 3. The third-order valence-electron chi connectivity index (χ3n) is 4.47. The van der Waals surface area contributed by atoms with E-state index in [0.717, 1.165) is 17.0 Å². The molecule has 0 atom stereocenters. The van der Waals surface area contributed by atoms with Gasteiger partial charge in [0.05, 0.1) is 12.3 Å². The van der Waals surface area contributed by atoms with Crippen molar-refractivity contribution in [3.63, 3.8) is 0 Å². The lowest BCUT2D eigenvalue weighted by Gasteiger charge is -2.09. The number of fused-ring (bicyclic) bond motifs is 1. The number of carbonyl (C=O) groups excluding carboxylic acids is 1. The van der Waals surface area contributed by atoms with Gasteiger partial charge in [0.25, 0.3) is 5.91 Å². The van der Waals surface area contributed by atoms with E-state index in [1.54, 1.807) is 12.1 Å². The van der Waals surface area contributed by atoms with Crippen molar-refractivity contribution in [3.05, 3.63) is 77.7 Å². The molecule has 1 N–H and O–H groups in total. The second kappa shape index (κ2) is 8.45. The monoisotopic (exact) mass is 402 g/mol. The zero-order chi connectivity index (χ0) is 20.2. The minimum absolute atomic E-state index is 0.181. The first-order valence-corrected chi connectivity index (χ1v) is 10.5. The number of rotatable bonds is 6. The van der Waals surface area contributed by atoms with Crippen molar-refractivity contribution in [2.24, 2.45) is 5.92 Å². The molecule has 0 saturated carbocycles. The molecule has 0 bridgehead atoms. The summed E-state index contributed by atoms with van der Waals surface area (Å²) < 4.78 is 5.66. The number of hydrogen-bond acceptors (Lipinski definition) is 4. The summed E-state index contributed by atoms with van der Waals surface area (Å²) in [7, 11) is 0. The highest BCUT2D eigenvalue weighted by Gasteiger charge is 2.11. The Morgan fingerprint density at radius 1 is 1.03 bits per heavy atom. The highest BCUT2D eigenvalue weighted by Crippen LogP contribution is 2.28. The number of nitrogens with zero attached hydrogens (tertiary/aromatic N) is 1. The van der Waals surface area contributed by atoms with Gasteiger partial charge < -0.3 is 4.74 Å². The summed E-state index contributed by atoms with van der Waals surface area (Å²) in [6.07, 6.45) is 0. The molecular formula is C24H22N2O2S. The molecule has 0 spiro atoms. The van der Waals surface area contributed by atoms with Gasteiger partial charge in [0.2, 0.25) is 0 Å². The number of thiazole rings is 1. The number of hydrogen-bond donors (Lipinski definition) is 1. The highest BCUT2D eigenvalue weighted by molar-refractivity contribution is 7.14.